The Morgan fingerprint density at radius 3 is 1.16 bits per heavy atom. The van der Waals surface area contributed by atoms with Crippen LogP contribution in [0.1, 0.15) is 138 Å². The van der Waals surface area contributed by atoms with Gasteiger partial charge in [0.25, 0.3) is 0 Å². The van der Waals surface area contributed by atoms with Crippen LogP contribution in [0.5, 0.6) is 0 Å². The number of rotatable bonds is 14. The SMILES string of the molecule is CC(C)(C)CCCCCCCC1CC1CCCCCCCC(C)(C)C. The summed E-state index contributed by atoms with van der Waals surface area (Å²) in [7, 11) is 0. The van der Waals surface area contributed by atoms with Gasteiger partial charge in [0.2, 0.25) is 0 Å². The average Bonchev–Trinajstić information content (AvgIpc) is 3.21. The second-order valence-electron chi connectivity index (χ2n) is 11.5. The summed E-state index contributed by atoms with van der Waals surface area (Å²) in [6.07, 6.45) is 22.2. The van der Waals surface area contributed by atoms with Crippen molar-refractivity contribution in [3.63, 3.8) is 0 Å². The number of hydrogen-bond donors (Lipinski definition) is 0. The molecule has 1 aliphatic rings. The van der Waals surface area contributed by atoms with E-state index < -0.39 is 0 Å². The largest absolute Gasteiger partial charge is 0.0602 e. The Labute approximate surface area is 160 Å². The van der Waals surface area contributed by atoms with E-state index in [9.17, 15) is 0 Å². The third kappa shape index (κ3) is 14.8. The lowest BCUT2D eigenvalue weighted by atomic mass is 9.89. The molecule has 0 heterocycles. The molecule has 0 N–H and O–H groups in total. The second-order valence-corrected chi connectivity index (χ2v) is 11.5. The highest BCUT2D eigenvalue weighted by molar-refractivity contribution is 4.85. The van der Waals surface area contributed by atoms with Crippen LogP contribution in [0.25, 0.3) is 0 Å². The lowest BCUT2D eigenvalue weighted by Crippen LogP contribution is -2.03. The molecule has 0 aromatic carbocycles. The van der Waals surface area contributed by atoms with E-state index in [0.29, 0.717) is 10.8 Å². The van der Waals surface area contributed by atoms with Crippen molar-refractivity contribution in [3.8, 4) is 0 Å². The fraction of sp³-hybridized carbons (Fsp3) is 1.00. The van der Waals surface area contributed by atoms with E-state index in [1.54, 1.807) is 6.42 Å². The summed E-state index contributed by atoms with van der Waals surface area (Å²) in [5.41, 5.74) is 1.07. The van der Waals surface area contributed by atoms with Gasteiger partial charge in [-0.1, -0.05) is 119 Å². The molecule has 2 unspecified atom stereocenters. The van der Waals surface area contributed by atoms with Gasteiger partial charge in [0.05, 0.1) is 0 Å². The Morgan fingerprint density at radius 2 is 0.800 bits per heavy atom. The second kappa shape index (κ2) is 11.7. The van der Waals surface area contributed by atoms with Crippen LogP contribution in [0, 0.1) is 22.7 Å². The minimum atomic E-state index is 0.536. The summed E-state index contributed by atoms with van der Waals surface area (Å²) in [5.74, 6) is 2.24. The molecule has 0 heteroatoms. The van der Waals surface area contributed by atoms with E-state index in [0.717, 1.165) is 11.8 Å². The van der Waals surface area contributed by atoms with Crippen LogP contribution in [-0.4, -0.2) is 0 Å². The minimum Gasteiger partial charge on any atom is -0.0602 e. The van der Waals surface area contributed by atoms with Gasteiger partial charge in [0.1, 0.15) is 0 Å². The predicted octanol–water partition coefficient (Wildman–Crippen LogP) is 9.18. The number of unbranched alkanes of at least 4 members (excludes halogenated alkanes) is 8. The quantitative estimate of drug-likeness (QED) is 0.274. The zero-order chi connectivity index (χ0) is 18.8. The van der Waals surface area contributed by atoms with Crippen molar-refractivity contribution in [1.82, 2.24) is 0 Å². The molecule has 25 heavy (non-hydrogen) atoms. The molecular formula is C25H50. The topological polar surface area (TPSA) is 0 Å². The Morgan fingerprint density at radius 1 is 0.480 bits per heavy atom. The van der Waals surface area contributed by atoms with Crippen LogP contribution >= 0.6 is 0 Å². The van der Waals surface area contributed by atoms with E-state index in [2.05, 4.69) is 41.5 Å². The van der Waals surface area contributed by atoms with Gasteiger partial charge in [-0.15, -0.1) is 0 Å². The van der Waals surface area contributed by atoms with Gasteiger partial charge in [0, 0.05) is 0 Å². The van der Waals surface area contributed by atoms with E-state index in [1.165, 1.54) is 89.9 Å². The van der Waals surface area contributed by atoms with Gasteiger partial charge < -0.3 is 0 Å². The molecular weight excluding hydrogens is 300 g/mol. The minimum absolute atomic E-state index is 0.536. The highest BCUT2D eigenvalue weighted by Gasteiger charge is 2.34. The summed E-state index contributed by atoms with van der Waals surface area (Å²) < 4.78 is 0. The van der Waals surface area contributed by atoms with Gasteiger partial charge in [-0.05, 0) is 41.9 Å². The Kier molecular flexibility index (Phi) is 10.7. The zero-order valence-corrected chi connectivity index (χ0v) is 18.8. The van der Waals surface area contributed by atoms with E-state index in [1.807, 2.05) is 0 Å². The standard InChI is InChI=1S/C25H50/c1-24(2,3)19-15-11-7-9-13-17-22-21-23(22)18-14-10-8-12-16-20-25(4,5)6/h22-23H,7-21H2,1-6H3. The number of hydrogen-bond acceptors (Lipinski definition) is 0. The van der Waals surface area contributed by atoms with Crippen LogP contribution < -0.4 is 0 Å². The van der Waals surface area contributed by atoms with Crippen LogP contribution in [0.15, 0.2) is 0 Å². The van der Waals surface area contributed by atoms with Gasteiger partial charge in [0.15, 0.2) is 0 Å². The van der Waals surface area contributed by atoms with Crippen LogP contribution in [0.2, 0.25) is 0 Å². The first kappa shape index (κ1) is 23.0. The van der Waals surface area contributed by atoms with Crippen molar-refractivity contribution in [2.45, 2.75) is 138 Å². The highest BCUT2D eigenvalue weighted by atomic mass is 14.4. The zero-order valence-electron chi connectivity index (χ0n) is 18.8. The van der Waals surface area contributed by atoms with Crippen molar-refractivity contribution < 1.29 is 0 Å². The molecule has 0 aliphatic heterocycles. The normalized spacial score (nSPS) is 20.9. The Balaban J connectivity index is 1.80. The molecule has 1 aliphatic carbocycles. The van der Waals surface area contributed by atoms with E-state index >= 15 is 0 Å². The van der Waals surface area contributed by atoms with Crippen molar-refractivity contribution in [2.75, 3.05) is 0 Å². The summed E-state index contributed by atoms with van der Waals surface area (Å²) >= 11 is 0. The molecule has 0 bridgehead atoms. The molecule has 0 nitrogen and oxygen atoms in total. The first-order valence-electron chi connectivity index (χ1n) is 11.7. The molecule has 0 saturated heterocycles. The summed E-state index contributed by atoms with van der Waals surface area (Å²) in [6, 6.07) is 0. The van der Waals surface area contributed by atoms with Gasteiger partial charge in [-0.3, -0.25) is 0 Å². The Bertz CT molecular complexity index is 282. The fourth-order valence-electron chi connectivity index (χ4n) is 4.20. The van der Waals surface area contributed by atoms with Crippen LogP contribution in [-0.2, 0) is 0 Å². The summed E-state index contributed by atoms with van der Waals surface area (Å²) in [6.45, 7) is 14.2. The van der Waals surface area contributed by atoms with Crippen molar-refractivity contribution in [1.29, 1.82) is 0 Å². The molecule has 2 atom stereocenters. The average molecular weight is 351 g/mol. The molecule has 1 rings (SSSR count). The van der Waals surface area contributed by atoms with Gasteiger partial charge in [-0.25, -0.2) is 0 Å². The van der Waals surface area contributed by atoms with Gasteiger partial charge in [-0.2, -0.15) is 0 Å². The smallest absolute Gasteiger partial charge is 0.0383 e. The first-order chi connectivity index (χ1) is 11.7. The molecule has 0 amide bonds. The molecule has 0 spiro atoms. The molecule has 0 radical (unpaired) electrons. The maximum Gasteiger partial charge on any atom is -0.0383 e. The summed E-state index contributed by atoms with van der Waals surface area (Å²) in [4.78, 5) is 0. The summed E-state index contributed by atoms with van der Waals surface area (Å²) in [5, 5.41) is 0. The van der Waals surface area contributed by atoms with Crippen LogP contribution in [0.4, 0.5) is 0 Å². The molecule has 0 aromatic heterocycles. The van der Waals surface area contributed by atoms with Crippen molar-refractivity contribution in [3.05, 3.63) is 0 Å². The van der Waals surface area contributed by atoms with Crippen LogP contribution in [0.3, 0.4) is 0 Å². The first-order valence-corrected chi connectivity index (χ1v) is 11.7. The van der Waals surface area contributed by atoms with Crippen molar-refractivity contribution in [2.24, 2.45) is 22.7 Å². The highest BCUT2D eigenvalue weighted by Crippen LogP contribution is 2.45. The Hall–Kier alpha value is 0. The monoisotopic (exact) mass is 350 g/mol. The van der Waals surface area contributed by atoms with Gasteiger partial charge >= 0.3 is 0 Å². The molecule has 0 aromatic rings. The third-order valence-electron chi connectivity index (χ3n) is 6.07. The molecule has 150 valence electrons. The fourth-order valence-corrected chi connectivity index (χ4v) is 4.20. The maximum absolute atomic E-state index is 2.37. The van der Waals surface area contributed by atoms with E-state index in [4.69, 9.17) is 0 Å². The van der Waals surface area contributed by atoms with Crippen molar-refractivity contribution >= 4 is 0 Å². The lowest BCUT2D eigenvalue weighted by Gasteiger charge is -2.17. The van der Waals surface area contributed by atoms with E-state index in [-0.39, 0.29) is 0 Å². The molecule has 1 saturated carbocycles. The predicted molar refractivity (Wildman–Crippen MR) is 115 cm³/mol. The third-order valence-corrected chi connectivity index (χ3v) is 6.07. The molecule has 1 fully saturated rings. The maximum atomic E-state index is 2.37. The lowest BCUT2D eigenvalue weighted by molar-refractivity contribution is 0.355.